The number of nitrogens with zero attached hydrogens (tertiary/aromatic N) is 3. The van der Waals surface area contributed by atoms with E-state index in [1.807, 2.05) is 11.9 Å². The summed E-state index contributed by atoms with van der Waals surface area (Å²) in [7, 11) is 3.27. The smallest absolute Gasteiger partial charge is 0.243 e. The van der Waals surface area contributed by atoms with Crippen LogP contribution in [0.15, 0.2) is 12.1 Å². The maximum atomic E-state index is 14.2. The summed E-state index contributed by atoms with van der Waals surface area (Å²) in [6.07, 6.45) is 3.42. The fraction of sp³-hybridized carbons (Fsp3) is 0.550. The minimum absolute atomic E-state index is 0.0386. The number of halogens is 1. The van der Waals surface area contributed by atoms with E-state index in [2.05, 4.69) is 21.0 Å². The number of hydrogen-bond donors (Lipinski definition) is 4. The van der Waals surface area contributed by atoms with Crippen molar-refractivity contribution < 1.29 is 13.9 Å². The number of unbranched alkanes of at least 4 members (excludes halogenated alkanes) is 1. The molecule has 0 spiro atoms. The Labute approximate surface area is 174 Å². The molecule has 30 heavy (non-hydrogen) atoms. The first kappa shape index (κ1) is 20.4. The highest BCUT2D eigenvalue weighted by Gasteiger charge is 2.26. The Bertz CT molecular complexity index is 1000. The second-order valence-corrected chi connectivity index (χ2v) is 7.89. The van der Waals surface area contributed by atoms with Crippen LogP contribution in [0.1, 0.15) is 25.7 Å². The lowest BCUT2D eigenvalue weighted by atomic mass is 10.1. The van der Waals surface area contributed by atoms with Crippen molar-refractivity contribution in [3.05, 3.63) is 23.6 Å². The Hall–Kier alpha value is -2.88. The Balaban J connectivity index is 1.35. The van der Waals surface area contributed by atoms with Gasteiger partial charge in [-0.1, -0.05) is 0 Å². The predicted molar refractivity (Wildman–Crippen MR) is 111 cm³/mol. The van der Waals surface area contributed by atoms with Crippen molar-refractivity contribution in [3.8, 4) is 5.75 Å². The normalized spacial score (nSPS) is 20.0. The average molecular weight is 417 g/mol. The fourth-order valence-electron chi connectivity index (χ4n) is 4.11. The van der Waals surface area contributed by atoms with E-state index in [1.54, 1.807) is 4.68 Å². The summed E-state index contributed by atoms with van der Waals surface area (Å²) in [6.45, 7) is 2.42. The van der Waals surface area contributed by atoms with Crippen LogP contribution in [0.5, 0.6) is 5.75 Å². The van der Waals surface area contributed by atoms with Gasteiger partial charge in [-0.3, -0.25) is 15.6 Å². The number of methoxy groups -OCH3 is 1. The molecular formula is C20H28FN7O2. The molecule has 0 radical (unpaired) electrons. The highest BCUT2D eigenvalue weighted by atomic mass is 19.1. The van der Waals surface area contributed by atoms with Crippen LogP contribution in [0.3, 0.4) is 0 Å². The van der Waals surface area contributed by atoms with Gasteiger partial charge in [-0.15, -0.1) is 0 Å². The predicted octanol–water partition coefficient (Wildman–Crippen LogP) is 1.20. The number of benzene rings is 1. The number of anilines is 1. The molecule has 0 bridgehead atoms. The van der Waals surface area contributed by atoms with Gasteiger partial charge in [-0.25, -0.2) is 14.1 Å². The van der Waals surface area contributed by atoms with Crippen molar-refractivity contribution in [2.24, 2.45) is 5.92 Å². The molecule has 2 aliphatic rings. The molecule has 9 nitrogen and oxygen atoms in total. The number of nitrogens with one attached hydrogen (secondary N) is 4. The molecule has 0 aliphatic carbocycles. The Morgan fingerprint density at radius 1 is 1.43 bits per heavy atom. The van der Waals surface area contributed by atoms with Crippen molar-refractivity contribution in [2.45, 2.75) is 31.8 Å². The van der Waals surface area contributed by atoms with Crippen LogP contribution in [-0.4, -0.2) is 60.4 Å². The van der Waals surface area contributed by atoms with Crippen molar-refractivity contribution >= 4 is 22.6 Å². The summed E-state index contributed by atoms with van der Waals surface area (Å²) < 4.78 is 20.8. The lowest BCUT2D eigenvalue weighted by Gasteiger charge is -2.21. The Morgan fingerprint density at radius 2 is 2.27 bits per heavy atom. The van der Waals surface area contributed by atoms with Gasteiger partial charge in [0.25, 0.3) is 0 Å². The number of ether oxygens (including phenoxy) is 1. The van der Waals surface area contributed by atoms with Crippen LogP contribution in [0.4, 0.5) is 10.2 Å². The van der Waals surface area contributed by atoms with Gasteiger partial charge in [-0.05, 0) is 38.3 Å². The number of fused-ring (bicyclic) bond motifs is 3. The summed E-state index contributed by atoms with van der Waals surface area (Å²) in [4.78, 5) is 18.4. The van der Waals surface area contributed by atoms with E-state index < -0.39 is 5.82 Å². The molecule has 10 heteroatoms. The van der Waals surface area contributed by atoms with Gasteiger partial charge in [0.05, 0.1) is 18.5 Å². The van der Waals surface area contributed by atoms with E-state index in [9.17, 15) is 9.18 Å². The number of rotatable bonds is 7. The zero-order valence-corrected chi connectivity index (χ0v) is 17.3. The summed E-state index contributed by atoms with van der Waals surface area (Å²) in [5.74, 6) is 0.581. The van der Waals surface area contributed by atoms with Gasteiger partial charge in [-0.2, -0.15) is 0 Å². The molecule has 4 rings (SSSR count). The molecule has 1 amide bonds. The third kappa shape index (κ3) is 3.91. The molecule has 162 valence electrons. The molecule has 1 saturated heterocycles. The lowest BCUT2D eigenvalue weighted by molar-refractivity contribution is -0.133. The lowest BCUT2D eigenvalue weighted by Crippen LogP contribution is -2.35. The van der Waals surface area contributed by atoms with Crippen LogP contribution in [0.25, 0.3) is 10.9 Å². The second kappa shape index (κ2) is 8.47. The first-order valence-corrected chi connectivity index (χ1v) is 10.3. The van der Waals surface area contributed by atoms with E-state index >= 15 is 0 Å². The standard InChI is InChI=1S/C20H28FN7O2/c1-27(19(29)12-6-7-23-11-12)8-4-3-5-17-25-18-13-9-14(21)16(30-2)10-15(13)24-20(22)28(18)26-17/h9-10,12,17,22-23,25-26H,3-8,11H2,1-2H3/t12-,17?/m0/s1. The van der Waals surface area contributed by atoms with E-state index in [1.165, 1.54) is 19.2 Å². The van der Waals surface area contributed by atoms with Crippen molar-refractivity contribution in [2.75, 3.05) is 44.5 Å². The average Bonchev–Trinajstić information content (AvgIpc) is 3.41. The number of carbonyl (C=O) groups is 1. The van der Waals surface area contributed by atoms with E-state index in [0.29, 0.717) is 16.7 Å². The molecule has 1 aromatic heterocycles. The number of aromatic nitrogens is 2. The molecule has 3 heterocycles. The van der Waals surface area contributed by atoms with Crippen LogP contribution in [-0.2, 0) is 4.79 Å². The highest BCUT2D eigenvalue weighted by Crippen LogP contribution is 2.29. The van der Waals surface area contributed by atoms with E-state index in [4.69, 9.17) is 10.1 Å². The largest absolute Gasteiger partial charge is 0.494 e. The first-order chi connectivity index (χ1) is 14.5. The third-order valence-electron chi connectivity index (χ3n) is 5.80. The van der Waals surface area contributed by atoms with Crippen LogP contribution < -0.4 is 26.4 Å². The maximum Gasteiger partial charge on any atom is 0.243 e. The monoisotopic (exact) mass is 417 g/mol. The summed E-state index contributed by atoms with van der Waals surface area (Å²) in [5.41, 5.74) is 3.75. The minimum atomic E-state index is -0.470. The quantitative estimate of drug-likeness (QED) is 0.505. The minimum Gasteiger partial charge on any atom is -0.494 e. The van der Waals surface area contributed by atoms with Gasteiger partial charge < -0.3 is 20.3 Å². The van der Waals surface area contributed by atoms with Gasteiger partial charge in [0, 0.05) is 31.6 Å². The van der Waals surface area contributed by atoms with Crippen molar-refractivity contribution in [1.29, 1.82) is 5.41 Å². The molecular weight excluding hydrogens is 389 g/mol. The van der Waals surface area contributed by atoms with E-state index in [-0.39, 0.29) is 29.4 Å². The SMILES string of the molecule is COc1cc2nc(=N)n3c(c2cc1F)NC(CCCCN(C)C(=O)[C@H]1CCNC1)N3. The van der Waals surface area contributed by atoms with Gasteiger partial charge >= 0.3 is 0 Å². The Morgan fingerprint density at radius 3 is 3.00 bits per heavy atom. The summed E-state index contributed by atoms with van der Waals surface area (Å²) in [6, 6.07) is 2.88. The molecule has 4 N–H and O–H groups in total. The number of hydrogen-bond acceptors (Lipinski definition) is 7. The van der Waals surface area contributed by atoms with Gasteiger partial charge in [0.15, 0.2) is 11.6 Å². The molecule has 1 unspecified atom stereocenters. The molecule has 1 fully saturated rings. The zero-order valence-electron chi connectivity index (χ0n) is 17.3. The van der Waals surface area contributed by atoms with Crippen LogP contribution in [0.2, 0.25) is 0 Å². The summed E-state index contributed by atoms with van der Waals surface area (Å²) in [5, 5.41) is 15.3. The number of carbonyl (C=O) groups excluding carboxylic acids is 1. The highest BCUT2D eigenvalue weighted by molar-refractivity contribution is 5.91. The first-order valence-electron chi connectivity index (χ1n) is 10.3. The molecule has 1 aromatic carbocycles. The van der Waals surface area contributed by atoms with Gasteiger partial charge in [0.1, 0.15) is 12.0 Å². The fourth-order valence-corrected chi connectivity index (χ4v) is 4.11. The van der Waals surface area contributed by atoms with Crippen molar-refractivity contribution in [1.82, 2.24) is 19.9 Å². The molecule has 0 saturated carbocycles. The Kier molecular flexibility index (Phi) is 5.76. The second-order valence-electron chi connectivity index (χ2n) is 7.89. The van der Waals surface area contributed by atoms with E-state index in [0.717, 1.165) is 45.3 Å². The maximum absolute atomic E-state index is 14.2. The number of amides is 1. The van der Waals surface area contributed by atoms with Crippen LogP contribution >= 0.6 is 0 Å². The molecule has 2 aromatic rings. The molecule has 2 atom stereocenters. The van der Waals surface area contributed by atoms with Crippen molar-refractivity contribution in [3.63, 3.8) is 0 Å². The van der Waals surface area contributed by atoms with Crippen LogP contribution in [0, 0.1) is 17.1 Å². The topological polar surface area (TPSA) is 107 Å². The van der Waals surface area contributed by atoms with Gasteiger partial charge in [0.2, 0.25) is 11.5 Å². The zero-order chi connectivity index (χ0) is 21.3. The third-order valence-corrected chi connectivity index (χ3v) is 5.80. The summed E-state index contributed by atoms with van der Waals surface area (Å²) >= 11 is 0. The molecule has 2 aliphatic heterocycles.